The summed E-state index contributed by atoms with van der Waals surface area (Å²) >= 11 is 1.45. The highest BCUT2D eigenvalue weighted by atomic mass is 32.2. The number of amides is 1. The first-order valence-corrected chi connectivity index (χ1v) is 5.84. The number of carbonyl (C=O) groups excluding carboxylic acids is 1. The number of furan rings is 1. The van der Waals surface area contributed by atoms with Crippen molar-refractivity contribution in [3.63, 3.8) is 0 Å². The van der Waals surface area contributed by atoms with E-state index in [1.54, 1.807) is 26.1 Å². The van der Waals surface area contributed by atoms with Crippen molar-refractivity contribution < 1.29 is 14.3 Å². The number of hydrogen-bond acceptors (Lipinski definition) is 4. The van der Waals surface area contributed by atoms with Gasteiger partial charge in [-0.25, -0.2) is 0 Å². The number of hydrogen-bond donors (Lipinski definition) is 1. The summed E-state index contributed by atoms with van der Waals surface area (Å²) in [6.45, 7) is 1.72. The van der Waals surface area contributed by atoms with Crippen LogP contribution >= 0.6 is 11.8 Å². The van der Waals surface area contributed by atoms with Gasteiger partial charge in [-0.3, -0.25) is 4.79 Å². The van der Waals surface area contributed by atoms with Gasteiger partial charge in [0.25, 0.3) is 5.91 Å². The van der Waals surface area contributed by atoms with Crippen LogP contribution in [0.4, 0.5) is 0 Å². The monoisotopic (exact) mass is 229 g/mol. The summed E-state index contributed by atoms with van der Waals surface area (Å²) in [5, 5.41) is 9.64. The topological polar surface area (TPSA) is 53.7 Å². The van der Waals surface area contributed by atoms with Crippen molar-refractivity contribution in [2.24, 2.45) is 0 Å². The number of thioether (sulfide) groups is 1. The van der Waals surface area contributed by atoms with Crippen LogP contribution in [-0.2, 0) is 0 Å². The van der Waals surface area contributed by atoms with Gasteiger partial charge in [0, 0.05) is 7.05 Å². The molecule has 0 unspecified atom stereocenters. The molecule has 84 valence electrons. The van der Waals surface area contributed by atoms with Crippen molar-refractivity contribution in [3.8, 4) is 0 Å². The fourth-order valence-electron chi connectivity index (χ4n) is 1.04. The molecular formula is C10H15NO3S. The van der Waals surface area contributed by atoms with Crippen LogP contribution in [0, 0.1) is 0 Å². The molecule has 1 heterocycles. The van der Waals surface area contributed by atoms with Crippen LogP contribution in [-0.4, -0.2) is 41.9 Å². The molecule has 1 aromatic rings. The number of aliphatic hydroxyl groups excluding tert-OH is 1. The Morgan fingerprint density at radius 1 is 1.67 bits per heavy atom. The fraction of sp³-hybridized carbons (Fsp3) is 0.500. The van der Waals surface area contributed by atoms with Crippen molar-refractivity contribution in [3.05, 3.63) is 17.9 Å². The van der Waals surface area contributed by atoms with Gasteiger partial charge >= 0.3 is 0 Å². The third-order valence-electron chi connectivity index (χ3n) is 2.24. The van der Waals surface area contributed by atoms with E-state index in [0.29, 0.717) is 10.9 Å². The summed E-state index contributed by atoms with van der Waals surface area (Å²) in [4.78, 5) is 13.2. The molecule has 15 heavy (non-hydrogen) atoms. The minimum absolute atomic E-state index is 0.0572. The number of aliphatic hydroxyl groups is 1. The average molecular weight is 229 g/mol. The molecule has 0 aliphatic rings. The normalized spacial score (nSPS) is 12.5. The molecule has 0 aliphatic heterocycles. The molecular weight excluding hydrogens is 214 g/mol. The van der Waals surface area contributed by atoms with Crippen LogP contribution in [0.2, 0.25) is 0 Å². The van der Waals surface area contributed by atoms with Gasteiger partial charge in [0.2, 0.25) is 0 Å². The molecule has 0 spiro atoms. The fourth-order valence-corrected chi connectivity index (χ4v) is 1.42. The van der Waals surface area contributed by atoms with Crippen LogP contribution in [0.15, 0.2) is 21.6 Å². The van der Waals surface area contributed by atoms with Crippen molar-refractivity contribution in [1.29, 1.82) is 0 Å². The second-order valence-corrected chi connectivity index (χ2v) is 4.08. The Morgan fingerprint density at radius 3 is 2.80 bits per heavy atom. The molecule has 0 aliphatic carbocycles. The van der Waals surface area contributed by atoms with Gasteiger partial charge in [-0.1, -0.05) is 11.8 Å². The quantitative estimate of drug-likeness (QED) is 0.794. The molecule has 1 N–H and O–H groups in total. The Hall–Kier alpha value is -0.940. The summed E-state index contributed by atoms with van der Waals surface area (Å²) in [7, 11) is 1.64. The molecule has 1 aromatic heterocycles. The van der Waals surface area contributed by atoms with E-state index >= 15 is 0 Å². The van der Waals surface area contributed by atoms with E-state index in [9.17, 15) is 4.79 Å². The summed E-state index contributed by atoms with van der Waals surface area (Å²) in [5.41, 5.74) is 0. The lowest BCUT2D eigenvalue weighted by atomic mass is 10.3. The Labute approximate surface area is 93.3 Å². The van der Waals surface area contributed by atoms with Crippen molar-refractivity contribution in [1.82, 2.24) is 4.90 Å². The highest BCUT2D eigenvalue weighted by Crippen LogP contribution is 2.19. The number of likely N-dealkylation sites (N-methyl/N-ethyl adjacent to an activating group) is 1. The van der Waals surface area contributed by atoms with Crippen LogP contribution in [0.25, 0.3) is 0 Å². The first kappa shape index (κ1) is 12.1. The average Bonchev–Trinajstić information content (AvgIpc) is 2.74. The summed E-state index contributed by atoms with van der Waals surface area (Å²) in [6, 6.07) is 3.20. The van der Waals surface area contributed by atoms with E-state index in [-0.39, 0.29) is 18.6 Å². The van der Waals surface area contributed by atoms with Gasteiger partial charge in [0.15, 0.2) is 10.9 Å². The maximum Gasteiger partial charge on any atom is 0.289 e. The van der Waals surface area contributed by atoms with Gasteiger partial charge < -0.3 is 14.4 Å². The standard InChI is InChI=1S/C10H15NO3S/c1-7(6-12)11(2)10(13)8-4-5-9(14-8)15-3/h4-5,7,12H,6H2,1-3H3/t7-/m0/s1. The highest BCUT2D eigenvalue weighted by molar-refractivity contribution is 7.98. The second kappa shape index (κ2) is 5.23. The Morgan fingerprint density at radius 2 is 2.33 bits per heavy atom. The molecule has 0 bridgehead atoms. The third-order valence-corrected chi connectivity index (χ3v) is 2.86. The Kier molecular flexibility index (Phi) is 4.23. The van der Waals surface area contributed by atoms with Crippen LogP contribution in [0.3, 0.4) is 0 Å². The van der Waals surface area contributed by atoms with Crippen molar-refractivity contribution >= 4 is 17.7 Å². The van der Waals surface area contributed by atoms with Gasteiger partial charge in [-0.05, 0) is 25.3 Å². The molecule has 4 nitrogen and oxygen atoms in total. The molecule has 5 heteroatoms. The lowest BCUT2D eigenvalue weighted by Crippen LogP contribution is -2.37. The van der Waals surface area contributed by atoms with Crippen molar-refractivity contribution in [2.75, 3.05) is 19.9 Å². The number of nitrogens with zero attached hydrogens (tertiary/aromatic N) is 1. The zero-order valence-corrected chi connectivity index (χ0v) is 9.87. The zero-order valence-electron chi connectivity index (χ0n) is 9.06. The van der Waals surface area contributed by atoms with Gasteiger partial charge in [-0.2, -0.15) is 0 Å². The van der Waals surface area contributed by atoms with E-state index < -0.39 is 0 Å². The van der Waals surface area contributed by atoms with E-state index in [4.69, 9.17) is 9.52 Å². The van der Waals surface area contributed by atoms with Crippen LogP contribution in [0.5, 0.6) is 0 Å². The van der Waals surface area contributed by atoms with E-state index in [2.05, 4.69) is 0 Å². The lowest BCUT2D eigenvalue weighted by molar-refractivity contribution is 0.0645. The molecule has 0 fully saturated rings. The number of rotatable bonds is 4. The first-order valence-electron chi connectivity index (χ1n) is 4.62. The van der Waals surface area contributed by atoms with Crippen molar-refractivity contribution in [2.45, 2.75) is 18.1 Å². The molecule has 0 radical (unpaired) electrons. The lowest BCUT2D eigenvalue weighted by Gasteiger charge is -2.21. The molecule has 0 saturated carbocycles. The largest absolute Gasteiger partial charge is 0.445 e. The minimum atomic E-state index is -0.211. The predicted molar refractivity (Wildman–Crippen MR) is 59.1 cm³/mol. The molecule has 1 atom stereocenters. The zero-order chi connectivity index (χ0) is 11.4. The maximum atomic E-state index is 11.8. The summed E-state index contributed by atoms with van der Waals surface area (Å²) in [6.07, 6.45) is 1.88. The Balaban J connectivity index is 2.75. The number of carbonyl (C=O) groups is 1. The van der Waals surface area contributed by atoms with Crippen LogP contribution in [0.1, 0.15) is 17.5 Å². The summed E-state index contributed by atoms with van der Waals surface area (Å²) < 4.78 is 5.30. The van der Waals surface area contributed by atoms with Gasteiger partial charge in [0.1, 0.15) is 0 Å². The predicted octanol–water partition coefficient (Wildman–Crippen LogP) is 1.45. The molecule has 0 saturated heterocycles. The highest BCUT2D eigenvalue weighted by Gasteiger charge is 2.19. The molecule has 1 amide bonds. The second-order valence-electron chi connectivity index (χ2n) is 3.27. The molecule has 0 aromatic carbocycles. The van der Waals surface area contributed by atoms with E-state index in [1.165, 1.54) is 16.7 Å². The third kappa shape index (κ3) is 2.76. The SMILES string of the molecule is CSc1ccc(C(=O)N(C)[C@@H](C)CO)o1. The van der Waals surface area contributed by atoms with Gasteiger partial charge in [0.05, 0.1) is 12.6 Å². The minimum Gasteiger partial charge on any atom is -0.445 e. The van der Waals surface area contributed by atoms with E-state index in [1.807, 2.05) is 6.26 Å². The van der Waals surface area contributed by atoms with E-state index in [0.717, 1.165) is 0 Å². The van der Waals surface area contributed by atoms with Crippen LogP contribution < -0.4 is 0 Å². The smallest absolute Gasteiger partial charge is 0.289 e. The first-order chi connectivity index (χ1) is 7.10. The van der Waals surface area contributed by atoms with Gasteiger partial charge in [-0.15, -0.1) is 0 Å². The molecule has 1 rings (SSSR count). The summed E-state index contributed by atoms with van der Waals surface area (Å²) in [5.74, 6) is 0.0963. The Bertz CT molecular complexity index is 337. The maximum absolute atomic E-state index is 11.8.